The molecule has 6 nitrogen and oxygen atoms in total. The molecule has 0 radical (unpaired) electrons. The number of likely N-dealkylation sites (tertiary alicyclic amines) is 1. The molecule has 1 atom stereocenters. The molecule has 1 amide bonds. The Bertz CT molecular complexity index is 729. The van der Waals surface area contributed by atoms with E-state index in [0.29, 0.717) is 19.1 Å². The zero-order valence-electron chi connectivity index (χ0n) is 15.6. The molecule has 1 aromatic rings. The number of ether oxygens (including phenoxy) is 1. The largest absolute Gasteiger partial charge is 0.376 e. The van der Waals surface area contributed by atoms with Gasteiger partial charge in [-0.3, -0.25) is 4.79 Å². The molecule has 1 N–H and O–H groups in total. The van der Waals surface area contributed by atoms with Crippen molar-refractivity contribution in [3.05, 3.63) is 17.0 Å². The van der Waals surface area contributed by atoms with Gasteiger partial charge in [-0.05, 0) is 44.9 Å². The number of hydrogen-bond acceptors (Lipinski definition) is 5. The number of hydrogen-bond donors (Lipinski definition) is 1. The maximum atomic E-state index is 12.7. The Morgan fingerprint density at radius 2 is 2.15 bits per heavy atom. The molecule has 1 aromatic heterocycles. The number of anilines is 1. The molecule has 3 heterocycles. The van der Waals surface area contributed by atoms with Crippen LogP contribution in [0, 0.1) is 18.8 Å². The molecule has 140 valence electrons. The summed E-state index contributed by atoms with van der Waals surface area (Å²) in [5, 5.41) is 3.43. The fourth-order valence-corrected chi connectivity index (χ4v) is 4.55. The van der Waals surface area contributed by atoms with E-state index >= 15 is 0 Å². The first-order chi connectivity index (χ1) is 12.6. The number of fused-ring (bicyclic) bond motifs is 2. The number of rotatable bonds is 4. The number of nitrogens with zero attached hydrogens (tertiary/aromatic N) is 3. The van der Waals surface area contributed by atoms with Gasteiger partial charge in [0.25, 0.3) is 0 Å². The first-order valence-corrected chi connectivity index (χ1v) is 10.1. The first kappa shape index (κ1) is 16.5. The van der Waals surface area contributed by atoms with Crippen LogP contribution in [-0.2, 0) is 21.6 Å². The Kier molecular flexibility index (Phi) is 3.92. The lowest BCUT2D eigenvalue weighted by Crippen LogP contribution is -2.44. The molecule has 4 aliphatic rings. The van der Waals surface area contributed by atoms with Gasteiger partial charge < -0.3 is 15.0 Å². The highest BCUT2D eigenvalue weighted by Crippen LogP contribution is 2.41. The SMILES string of the molecule is Cc1nc(NCC2CC2)nc2c1COCC21CCN(C(=O)C2CCC2)C1. The second kappa shape index (κ2) is 6.19. The molecule has 1 unspecified atom stereocenters. The van der Waals surface area contributed by atoms with E-state index in [0.717, 1.165) is 67.7 Å². The second-order valence-corrected chi connectivity index (χ2v) is 8.69. The van der Waals surface area contributed by atoms with Gasteiger partial charge in [-0.25, -0.2) is 9.97 Å². The van der Waals surface area contributed by atoms with Gasteiger partial charge in [0.05, 0.1) is 24.3 Å². The summed E-state index contributed by atoms with van der Waals surface area (Å²) in [7, 11) is 0. The zero-order valence-corrected chi connectivity index (χ0v) is 15.6. The fourth-order valence-electron chi connectivity index (χ4n) is 4.55. The third-order valence-corrected chi connectivity index (χ3v) is 6.71. The first-order valence-electron chi connectivity index (χ1n) is 10.1. The molecule has 1 saturated heterocycles. The van der Waals surface area contributed by atoms with Gasteiger partial charge in [0.2, 0.25) is 11.9 Å². The molecule has 2 aliphatic carbocycles. The van der Waals surface area contributed by atoms with Crippen LogP contribution in [0.25, 0.3) is 0 Å². The molecule has 0 aromatic carbocycles. The van der Waals surface area contributed by atoms with Gasteiger partial charge in [0.15, 0.2) is 0 Å². The highest BCUT2D eigenvalue weighted by molar-refractivity contribution is 5.80. The lowest BCUT2D eigenvalue weighted by molar-refractivity contribution is -0.137. The van der Waals surface area contributed by atoms with Crippen LogP contribution in [-0.4, -0.2) is 47.0 Å². The average Bonchev–Trinajstić information content (AvgIpc) is 3.32. The van der Waals surface area contributed by atoms with Crippen LogP contribution < -0.4 is 5.32 Å². The molecule has 2 aliphatic heterocycles. The van der Waals surface area contributed by atoms with Gasteiger partial charge in [-0.15, -0.1) is 0 Å². The molecule has 2 saturated carbocycles. The van der Waals surface area contributed by atoms with Crippen molar-refractivity contribution in [3.8, 4) is 0 Å². The number of carbonyl (C=O) groups excluding carboxylic acids is 1. The van der Waals surface area contributed by atoms with Crippen molar-refractivity contribution in [2.24, 2.45) is 11.8 Å². The Morgan fingerprint density at radius 1 is 1.31 bits per heavy atom. The highest BCUT2D eigenvalue weighted by Gasteiger charge is 2.47. The minimum Gasteiger partial charge on any atom is -0.376 e. The van der Waals surface area contributed by atoms with E-state index in [9.17, 15) is 4.79 Å². The van der Waals surface area contributed by atoms with Crippen molar-refractivity contribution in [1.82, 2.24) is 14.9 Å². The highest BCUT2D eigenvalue weighted by atomic mass is 16.5. The van der Waals surface area contributed by atoms with E-state index in [1.807, 2.05) is 0 Å². The van der Waals surface area contributed by atoms with E-state index in [1.165, 1.54) is 19.3 Å². The Hall–Kier alpha value is -1.69. The van der Waals surface area contributed by atoms with Gasteiger partial charge in [0.1, 0.15) is 0 Å². The van der Waals surface area contributed by atoms with Gasteiger partial charge in [-0.1, -0.05) is 6.42 Å². The summed E-state index contributed by atoms with van der Waals surface area (Å²) in [5.74, 6) is 2.14. The topological polar surface area (TPSA) is 67.4 Å². The molecule has 3 fully saturated rings. The van der Waals surface area contributed by atoms with E-state index < -0.39 is 0 Å². The summed E-state index contributed by atoms with van der Waals surface area (Å²) < 4.78 is 5.95. The molecular weight excluding hydrogens is 328 g/mol. The quantitative estimate of drug-likeness (QED) is 0.897. The monoisotopic (exact) mass is 356 g/mol. The minimum atomic E-state index is -0.156. The van der Waals surface area contributed by atoms with Crippen LogP contribution in [0.2, 0.25) is 0 Å². The number of amides is 1. The normalized spacial score (nSPS) is 28.1. The van der Waals surface area contributed by atoms with Gasteiger partial charge in [0, 0.05) is 36.8 Å². The van der Waals surface area contributed by atoms with Crippen molar-refractivity contribution < 1.29 is 9.53 Å². The maximum Gasteiger partial charge on any atom is 0.225 e. The summed E-state index contributed by atoms with van der Waals surface area (Å²) >= 11 is 0. The lowest BCUT2D eigenvalue weighted by Gasteiger charge is -2.36. The van der Waals surface area contributed by atoms with Crippen LogP contribution in [0.15, 0.2) is 0 Å². The summed E-state index contributed by atoms with van der Waals surface area (Å²) in [5.41, 5.74) is 3.11. The van der Waals surface area contributed by atoms with Crippen LogP contribution in [0.3, 0.4) is 0 Å². The summed E-state index contributed by atoms with van der Waals surface area (Å²) in [6, 6.07) is 0. The summed E-state index contributed by atoms with van der Waals surface area (Å²) in [4.78, 5) is 24.4. The van der Waals surface area contributed by atoms with Crippen LogP contribution in [0.5, 0.6) is 0 Å². The molecule has 6 heteroatoms. The smallest absolute Gasteiger partial charge is 0.225 e. The zero-order chi connectivity index (χ0) is 17.7. The Morgan fingerprint density at radius 3 is 2.88 bits per heavy atom. The van der Waals surface area contributed by atoms with Crippen molar-refractivity contribution >= 4 is 11.9 Å². The van der Waals surface area contributed by atoms with Gasteiger partial charge in [-0.2, -0.15) is 0 Å². The van der Waals surface area contributed by atoms with Crippen molar-refractivity contribution in [3.63, 3.8) is 0 Å². The summed E-state index contributed by atoms with van der Waals surface area (Å²) in [6.45, 7) is 5.83. The molecule has 26 heavy (non-hydrogen) atoms. The van der Waals surface area contributed by atoms with E-state index in [2.05, 4.69) is 22.1 Å². The summed E-state index contributed by atoms with van der Waals surface area (Å²) in [6.07, 6.45) is 6.89. The molecule has 0 bridgehead atoms. The lowest BCUT2D eigenvalue weighted by atomic mass is 9.80. The number of aryl methyl sites for hydroxylation is 1. The average molecular weight is 356 g/mol. The molecule has 1 spiro atoms. The standard InChI is InChI=1S/C20H28N4O2/c1-13-16-10-26-12-20(7-8-24(11-20)18(25)15-3-2-4-15)17(16)23-19(22-13)21-9-14-5-6-14/h14-15H,2-12H2,1H3,(H,21,22,23). The second-order valence-electron chi connectivity index (χ2n) is 8.69. The predicted molar refractivity (Wildman–Crippen MR) is 97.9 cm³/mol. The van der Waals surface area contributed by atoms with Crippen LogP contribution in [0.4, 0.5) is 5.95 Å². The van der Waals surface area contributed by atoms with Crippen molar-refractivity contribution in [1.29, 1.82) is 0 Å². The predicted octanol–water partition coefficient (Wildman–Crippen LogP) is 2.41. The van der Waals surface area contributed by atoms with E-state index in [1.54, 1.807) is 0 Å². The van der Waals surface area contributed by atoms with Gasteiger partial charge >= 0.3 is 0 Å². The van der Waals surface area contributed by atoms with Crippen LogP contribution in [0.1, 0.15) is 55.5 Å². The third-order valence-electron chi connectivity index (χ3n) is 6.71. The third kappa shape index (κ3) is 2.79. The number of aromatic nitrogens is 2. The fraction of sp³-hybridized carbons (Fsp3) is 0.750. The van der Waals surface area contributed by atoms with E-state index in [4.69, 9.17) is 9.72 Å². The van der Waals surface area contributed by atoms with E-state index in [-0.39, 0.29) is 11.3 Å². The van der Waals surface area contributed by atoms with Crippen molar-refractivity contribution in [2.75, 3.05) is 31.6 Å². The Labute approximate surface area is 154 Å². The maximum absolute atomic E-state index is 12.7. The number of carbonyl (C=O) groups is 1. The molecular formula is C20H28N4O2. The Balaban J connectivity index is 1.41. The minimum absolute atomic E-state index is 0.156. The van der Waals surface area contributed by atoms with Crippen LogP contribution >= 0.6 is 0 Å². The number of nitrogens with one attached hydrogen (secondary N) is 1. The molecule has 5 rings (SSSR count). The van der Waals surface area contributed by atoms with Crippen molar-refractivity contribution in [2.45, 2.75) is 57.5 Å².